The van der Waals surface area contributed by atoms with Crippen LogP contribution < -0.4 is 9.47 Å². The highest BCUT2D eigenvalue weighted by molar-refractivity contribution is 6.32. The van der Waals surface area contributed by atoms with Crippen LogP contribution in [-0.2, 0) is 25.7 Å². The molecule has 1 atom stereocenters. The van der Waals surface area contributed by atoms with Crippen LogP contribution in [0.3, 0.4) is 0 Å². The van der Waals surface area contributed by atoms with Crippen LogP contribution in [-0.4, -0.2) is 29.8 Å². The number of carbonyl (C=O) groups excluding carboxylic acids is 2. The summed E-state index contributed by atoms with van der Waals surface area (Å²) < 4.78 is 22.6. The van der Waals surface area contributed by atoms with Gasteiger partial charge >= 0.3 is 11.9 Å². The number of hydrogen-bond donors (Lipinski definition) is 1. The van der Waals surface area contributed by atoms with Crippen LogP contribution in [0.1, 0.15) is 36.5 Å². The van der Waals surface area contributed by atoms with Crippen molar-refractivity contribution in [3.63, 3.8) is 0 Å². The third-order valence-corrected chi connectivity index (χ3v) is 7.08. The van der Waals surface area contributed by atoms with Crippen LogP contribution in [0, 0.1) is 5.92 Å². The van der Waals surface area contributed by atoms with Crippen molar-refractivity contribution in [2.75, 3.05) is 7.11 Å². The minimum Gasteiger partial charge on any atom is -0.493 e. The molecule has 9 heteroatoms. The summed E-state index contributed by atoms with van der Waals surface area (Å²) in [5.41, 5.74) is 2.90. The summed E-state index contributed by atoms with van der Waals surface area (Å²) in [5, 5.41) is 1.65. The number of ether oxygens (including phenoxy) is 4. The van der Waals surface area contributed by atoms with Gasteiger partial charge < -0.3 is 23.9 Å². The molecule has 1 saturated heterocycles. The maximum Gasteiger partial charge on any atom is 0.324 e. The van der Waals surface area contributed by atoms with Gasteiger partial charge in [0, 0.05) is 47.5 Å². The van der Waals surface area contributed by atoms with E-state index in [0.717, 1.165) is 16.5 Å². The van der Waals surface area contributed by atoms with Gasteiger partial charge in [-0.15, -0.1) is 0 Å². The number of rotatable bonds is 7. The van der Waals surface area contributed by atoms with Gasteiger partial charge in [0.05, 0.1) is 12.1 Å². The summed E-state index contributed by atoms with van der Waals surface area (Å²) in [7, 11) is 1.49. The van der Waals surface area contributed by atoms with Crippen molar-refractivity contribution in [3.05, 3.63) is 93.6 Å². The zero-order chi connectivity index (χ0) is 27.0. The van der Waals surface area contributed by atoms with Gasteiger partial charge in [-0.3, -0.25) is 9.59 Å². The third-order valence-electron chi connectivity index (χ3n) is 6.43. The Morgan fingerprint density at radius 1 is 0.974 bits per heavy atom. The lowest BCUT2D eigenvalue weighted by atomic mass is 9.79. The zero-order valence-corrected chi connectivity index (χ0v) is 22.4. The fraction of sp³-hybridized carbons (Fsp3) is 0.241. The standard InChI is InChI=1S/C29H25Cl2NO6/c1-29(2)37-27(33)25(28(34)38-29)24(19-14-32-22-11-7-5-9-18(19)22)17-12-21(31)26(23(13-17)35-3)36-15-16-8-4-6-10-20(16)30/h4-14,24-25,32H,15H2,1-3H3/t24-/m0/s1. The monoisotopic (exact) mass is 553 g/mol. The van der Waals surface area contributed by atoms with E-state index in [1.165, 1.54) is 21.0 Å². The quantitative estimate of drug-likeness (QED) is 0.204. The van der Waals surface area contributed by atoms with Gasteiger partial charge in [-0.2, -0.15) is 0 Å². The van der Waals surface area contributed by atoms with Gasteiger partial charge in [0.1, 0.15) is 6.61 Å². The number of para-hydroxylation sites is 1. The minimum atomic E-state index is -1.36. The first-order valence-corrected chi connectivity index (χ1v) is 12.7. The highest BCUT2D eigenvalue weighted by atomic mass is 35.5. The van der Waals surface area contributed by atoms with Crippen molar-refractivity contribution in [2.45, 2.75) is 32.2 Å². The number of aromatic amines is 1. The van der Waals surface area contributed by atoms with Crippen LogP contribution in [0.5, 0.6) is 11.5 Å². The molecule has 1 aromatic heterocycles. The summed E-state index contributed by atoms with van der Waals surface area (Å²) >= 11 is 13.0. The molecule has 0 saturated carbocycles. The van der Waals surface area contributed by atoms with Gasteiger partial charge in [-0.25, -0.2) is 0 Å². The number of halogens is 2. The Kier molecular flexibility index (Phi) is 6.99. The molecule has 0 amide bonds. The fourth-order valence-corrected chi connectivity index (χ4v) is 5.19. The highest BCUT2D eigenvalue weighted by Crippen LogP contribution is 2.45. The number of hydrogen-bond acceptors (Lipinski definition) is 6. The van der Waals surface area contributed by atoms with Gasteiger partial charge in [0.15, 0.2) is 17.4 Å². The predicted octanol–water partition coefficient (Wildman–Crippen LogP) is 6.65. The lowest BCUT2D eigenvalue weighted by Crippen LogP contribution is -2.48. The molecule has 3 aromatic carbocycles. The molecule has 38 heavy (non-hydrogen) atoms. The number of esters is 2. The van der Waals surface area contributed by atoms with E-state index in [2.05, 4.69) is 4.98 Å². The molecule has 1 N–H and O–H groups in total. The molecule has 2 heterocycles. The molecule has 196 valence electrons. The van der Waals surface area contributed by atoms with Gasteiger partial charge in [0.25, 0.3) is 5.79 Å². The predicted molar refractivity (Wildman–Crippen MR) is 144 cm³/mol. The van der Waals surface area contributed by atoms with Crippen molar-refractivity contribution in [1.29, 1.82) is 0 Å². The molecule has 0 unspecified atom stereocenters. The molecule has 1 aliphatic heterocycles. The van der Waals surface area contributed by atoms with Gasteiger partial charge in [0.2, 0.25) is 0 Å². The van der Waals surface area contributed by atoms with Crippen molar-refractivity contribution in [2.24, 2.45) is 5.92 Å². The van der Waals surface area contributed by atoms with Gasteiger partial charge in [-0.05, 0) is 35.4 Å². The first kappa shape index (κ1) is 25.9. The second kappa shape index (κ2) is 10.2. The molecule has 7 nitrogen and oxygen atoms in total. The smallest absolute Gasteiger partial charge is 0.324 e. The second-order valence-electron chi connectivity index (χ2n) is 9.40. The molecule has 5 rings (SSSR count). The maximum atomic E-state index is 13.2. The molecule has 1 aliphatic rings. The molecule has 1 fully saturated rings. The summed E-state index contributed by atoms with van der Waals surface area (Å²) in [5.74, 6) is -4.13. The van der Waals surface area contributed by atoms with E-state index >= 15 is 0 Å². The Morgan fingerprint density at radius 3 is 2.37 bits per heavy atom. The Labute approximate surface area is 229 Å². The van der Waals surface area contributed by atoms with Crippen LogP contribution in [0.15, 0.2) is 66.9 Å². The number of H-pyrrole nitrogens is 1. The summed E-state index contributed by atoms with van der Waals surface area (Å²) in [6.07, 6.45) is 1.78. The first-order valence-electron chi connectivity index (χ1n) is 11.9. The highest BCUT2D eigenvalue weighted by Gasteiger charge is 2.49. The number of fused-ring (bicyclic) bond motifs is 1. The van der Waals surface area contributed by atoms with E-state index in [4.69, 9.17) is 42.1 Å². The normalized spacial score (nSPS) is 16.1. The molecule has 0 aliphatic carbocycles. The van der Waals surface area contributed by atoms with E-state index in [9.17, 15) is 9.59 Å². The number of cyclic esters (lactones) is 2. The number of aromatic nitrogens is 1. The molecule has 0 spiro atoms. The van der Waals surface area contributed by atoms with Crippen molar-refractivity contribution >= 4 is 46.0 Å². The van der Waals surface area contributed by atoms with Crippen LogP contribution in [0.2, 0.25) is 10.0 Å². The number of nitrogens with one attached hydrogen (secondary N) is 1. The first-order chi connectivity index (χ1) is 18.2. The topological polar surface area (TPSA) is 86.9 Å². The van der Waals surface area contributed by atoms with Crippen LogP contribution >= 0.6 is 23.2 Å². The van der Waals surface area contributed by atoms with Crippen molar-refractivity contribution in [1.82, 2.24) is 4.98 Å². The third kappa shape index (κ3) is 4.91. The lowest BCUT2D eigenvalue weighted by Gasteiger charge is -2.36. The second-order valence-corrected chi connectivity index (χ2v) is 10.2. The van der Waals surface area contributed by atoms with E-state index in [-0.39, 0.29) is 11.6 Å². The van der Waals surface area contributed by atoms with E-state index in [1.807, 2.05) is 42.5 Å². The number of benzene rings is 3. The van der Waals surface area contributed by atoms with E-state index < -0.39 is 29.6 Å². The Hall–Kier alpha value is -3.68. The Bertz CT molecular complexity index is 1510. The summed E-state index contributed by atoms with van der Waals surface area (Å²) in [6.45, 7) is 3.20. The summed E-state index contributed by atoms with van der Waals surface area (Å²) in [4.78, 5) is 29.7. The largest absolute Gasteiger partial charge is 0.493 e. The van der Waals surface area contributed by atoms with Gasteiger partial charge in [-0.1, -0.05) is 59.6 Å². The molecule has 0 bridgehead atoms. The number of methoxy groups -OCH3 is 1. The van der Waals surface area contributed by atoms with Crippen LogP contribution in [0.4, 0.5) is 0 Å². The van der Waals surface area contributed by atoms with E-state index in [0.29, 0.717) is 27.6 Å². The number of carbonyl (C=O) groups is 2. The van der Waals surface area contributed by atoms with E-state index in [1.54, 1.807) is 24.4 Å². The Balaban J connectivity index is 1.60. The minimum absolute atomic E-state index is 0.164. The average molecular weight is 554 g/mol. The average Bonchev–Trinajstić information content (AvgIpc) is 3.29. The summed E-state index contributed by atoms with van der Waals surface area (Å²) in [6, 6.07) is 18.3. The SMILES string of the molecule is COc1cc([C@@H](c2c[nH]c3ccccc23)C2C(=O)OC(C)(C)OC2=O)cc(Cl)c1OCc1ccccc1Cl. The molecule has 0 radical (unpaired) electrons. The maximum absolute atomic E-state index is 13.2. The van der Waals surface area contributed by atoms with Crippen molar-refractivity contribution < 1.29 is 28.5 Å². The fourth-order valence-electron chi connectivity index (χ4n) is 4.73. The molecule has 4 aromatic rings. The van der Waals surface area contributed by atoms with Crippen molar-refractivity contribution in [3.8, 4) is 11.5 Å². The lowest BCUT2D eigenvalue weighted by molar-refractivity contribution is -0.240. The Morgan fingerprint density at radius 2 is 1.66 bits per heavy atom. The molecular weight excluding hydrogens is 529 g/mol. The van der Waals surface area contributed by atoms with Crippen LogP contribution in [0.25, 0.3) is 10.9 Å². The molecular formula is C29H25Cl2NO6. The zero-order valence-electron chi connectivity index (χ0n) is 20.9.